The first kappa shape index (κ1) is 13.1. The van der Waals surface area contributed by atoms with Crippen LogP contribution in [0.4, 0.5) is 5.82 Å². The smallest absolute Gasteiger partial charge is 0.320 e. The summed E-state index contributed by atoms with van der Waals surface area (Å²) in [4.78, 5) is 12.7. The summed E-state index contributed by atoms with van der Waals surface area (Å²) >= 11 is 0. The van der Waals surface area contributed by atoms with E-state index in [9.17, 15) is 0 Å². The van der Waals surface area contributed by atoms with Crippen molar-refractivity contribution < 1.29 is 9.47 Å². The number of ether oxygens (including phenoxy) is 2. The predicted octanol–water partition coefficient (Wildman–Crippen LogP) is 1.39. The normalized spacial score (nSPS) is 10.6. The highest BCUT2D eigenvalue weighted by atomic mass is 16.5. The van der Waals surface area contributed by atoms with Crippen LogP contribution < -0.4 is 15.2 Å². The molecule has 2 aromatic rings. The average Bonchev–Trinajstić information content (AvgIpc) is 2.77. The Kier molecular flexibility index (Phi) is 3.84. The summed E-state index contributed by atoms with van der Waals surface area (Å²) in [5.74, 6) is 0.282. The number of methoxy groups -OCH3 is 1. The van der Waals surface area contributed by atoms with Gasteiger partial charge < -0.3 is 15.2 Å². The second-order valence-electron chi connectivity index (χ2n) is 3.83. The van der Waals surface area contributed by atoms with Gasteiger partial charge in [-0.1, -0.05) is 6.08 Å². The monoisotopic (exact) mass is 263 g/mol. The lowest BCUT2D eigenvalue weighted by atomic mass is 10.4. The van der Waals surface area contributed by atoms with Crippen molar-refractivity contribution in [2.45, 2.75) is 19.9 Å². The fourth-order valence-electron chi connectivity index (χ4n) is 1.72. The number of hydrogen-bond donors (Lipinski definition) is 1. The maximum absolute atomic E-state index is 5.87. The summed E-state index contributed by atoms with van der Waals surface area (Å²) in [5, 5.41) is 0. The minimum Gasteiger partial charge on any atom is -0.468 e. The Bertz CT molecular complexity index is 593. The summed E-state index contributed by atoms with van der Waals surface area (Å²) < 4.78 is 12.4. The van der Waals surface area contributed by atoms with Crippen molar-refractivity contribution in [3.8, 4) is 12.0 Å². The molecule has 0 spiro atoms. The van der Waals surface area contributed by atoms with E-state index in [1.807, 2.05) is 11.5 Å². The molecule has 0 bridgehead atoms. The molecule has 2 rings (SSSR count). The molecular weight excluding hydrogens is 246 g/mol. The molecule has 2 N–H and O–H groups in total. The molecule has 0 atom stereocenters. The number of rotatable bonds is 6. The summed E-state index contributed by atoms with van der Waals surface area (Å²) in [6.07, 6.45) is 2.48. The Hall–Kier alpha value is -2.31. The Morgan fingerprint density at radius 1 is 1.37 bits per heavy atom. The second kappa shape index (κ2) is 5.55. The van der Waals surface area contributed by atoms with Crippen LogP contribution in [0.1, 0.15) is 13.3 Å². The summed E-state index contributed by atoms with van der Waals surface area (Å²) in [6, 6.07) is 0.700. The minimum absolute atomic E-state index is 0.240. The van der Waals surface area contributed by atoms with Crippen molar-refractivity contribution in [2.24, 2.45) is 0 Å². The molecule has 0 aliphatic rings. The molecule has 0 radical (unpaired) electrons. The van der Waals surface area contributed by atoms with Crippen LogP contribution in [0.5, 0.6) is 12.0 Å². The number of nitrogens with zero attached hydrogens (tertiary/aromatic N) is 4. The van der Waals surface area contributed by atoms with Crippen LogP contribution in [0.2, 0.25) is 0 Å². The molecule has 0 aliphatic carbocycles. The minimum atomic E-state index is 0.240. The highest BCUT2D eigenvalue weighted by Crippen LogP contribution is 2.24. The van der Waals surface area contributed by atoms with E-state index in [0.29, 0.717) is 30.3 Å². The van der Waals surface area contributed by atoms with E-state index in [-0.39, 0.29) is 11.8 Å². The second-order valence-corrected chi connectivity index (χ2v) is 3.83. The quantitative estimate of drug-likeness (QED) is 0.626. The van der Waals surface area contributed by atoms with Gasteiger partial charge in [0.1, 0.15) is 0 Å². The Labute approximate surface area is 111 Å². The fourth-order valence-corrected chi connectivity index (χ4v) is 1.72. The Balaban J connectivity index is 2.44. The molecule has 2 heterocycles. The number of aromatic nitrogens is 4. The number of nitrogen functional groups attached to an aromatic ring is 1. The van der Waals surface area contributed by atoms with Crippen LogP contribution in [0, 0.1) is 0 Å². The maximum Gasteiger partial charge on any atom is 0.320 e. The number of anilines is 1. The van der Waals surface area contributed by atoms with Gasteiger partial charge in [-0.15, -0.1) is 6.58 Å². The van der Waals surface area contributed by atoms with Gasteiger partial charge in [-0.25, -0.2) is 0 Å². The molecule has 0 unspecified atom stereocenters. The van der Waals surface area contributed by atoms with Gasteiger partial charge in [-0.3, -0.25) is 4.57 Å². The number of hydrogen-bond acceptors (Lipinski definition) is 6. The van der Waals surface area contributed by atoms with E-state index in [4.69, 9.17) is 15.2 Å². The number of imidazole rings is 1. The van der Waals surface area contributed by atoms with Gasteiger partial charge in [-0.2, -0.15) is 15.0 Å². The molecule has 19 heavy (non-hydrogen) atoms. The first-order valence-corrected chi connectivity index (χ1v) is 6.02. The Morgan fingerprint density at radius 2 is 2.16 bits per heavy atom. The molecule has 0 fully saturated rings. The van der Waals surface area contributed by atoms with Gasteiger partial charge in [-0.05, 0) is 13.3 Å². The van der Waals surface area contributed by atoms with Gasteiger partial charge >= 0.3 is 6.01 Å². The van der Waals surface area contributed by atoms with Crippen molar-refractivity contribution in [2.75, 3.05) is 19.5 Å². The summed E-state index contributed by atoms with van der Waals surface area (Å²) in [7, 11) is 1.55. The van der Waals surface area contributed by atoms with Crippen LogP contribution in [0.15, 0.2) is 12.7 Å². The standard InChI is InChI=1S/C12H17N5O2/c1-4-6-7-19-11-15-9(13)8-10(16-11)17(5-2)12(14-8)18-3/h4H,1,5-7H2,2-3H3,(H2,13,15,16). The molecule has 0 aliphatic heterocycles. The number of fused-ring (bicyclic) bond motifs is 1. The average molecular weight is 263 g/mol. The maximum atomic E-state index is 5.87. The van der Waals surface area contributed by atoms with Crippen molar-refractivity contribution >= 4 is 17.0 Å². The lowest BCUT2D eigenvalue weighted by Gasteiger charge is -2.05. The van der Waals surface area contributed by atoms with E-state index in [0.717, 1.165) is 6.42 Å². The van der Waals surface area contributed by atoms with Crippen LogP contribution in [0.3, 0.4) is 0 Å². The van der Waals surface area contributed by atoms with Crippen LogP contribution >= 0.6 is 0 Å². The van der Waals surface area contributed by atoms with Gasteiger partial charge in [0.05, 0.1) is 13.7 Å². The van der Waals surface area contributed by atoms with E-state index in [1.54, 1.807) is 13.2 Å². The zero-order valence-corrected chi connectivity index (χ0v) is 11.1. The van der Waals surface area contributed by atoms with E-state index < -0.39 is 0 Å². The van der Waals surface area contributed by atoms with Crippen molar-refractivity contribution in [3.05, 3.63) is 12.7 Å². The molecule has 7 nitrogen and oxygen atoms in total. The third-order valence-corrected chi connectivity index (χ3v) is 2.62. The highest BCUT2D eigenvalue weighted by molar-refractivity contribution is 5.83. The van der Waals surface area contributed by atoms with Crippen molar-refractivity contribution in [1.82, 2.24) is 19.5 Å². The van der Waals surface area contributed by atoms with Crippen LogP contribution in [0.25, 0.3) is 11.2 Å². The molecule has 2 aromatic heterocycles. The highest BCUT2D eigenvalue weighted by Gasteiger charge is 2.16. The first-order valence-electron chi connectivity index (χ1n) is 6.02. The Morgan fingerprint density at radius 3 is 2.79 bits per heavy atom. The third-order valence-electron chi connectivity index (χ3n) is 2.62. The lowest BCUT2D eigenvalue weighted by Crippen LogP contribution is -2.05. The molecule has 0 saturated carbocycles. The predicted molar refractivity (Wildman–Crippen MR) is 72.3 cm³/mol. The number of nitrogens with two attached hydrogens (primary N) is 1. The zero-order chi connectivity index (χ0) is 13.8. The van der Waals surface area contributed by atoms with Crippen LogP contribution in [-0.2, 0) is 6.54 Å². The van der Waals surface area contributed by atoms with Crippen LogP contribution in [-0.4, -0.2) is 33.2 Å². The topological polar surface area (TPSA) is 88.1 Å². The van der Waals surface area contributed by atoms with E-state index >= 15 is 0 Å². The first-order chi connectivity index (χ1) is 9.21. The van der Waals surface area contributed by atoms with Gasteiger partial charge in [0.2, 0.25) is 0 Å². The summed E-state index contributed by atoms with van der Waals surface area (Å²) in [6.45, 7) is 6.73. The van der Waals surface area contributed by atoms with Crippen molar-refractivity contribution in [3.63, 3.8) is 0 Å². The third kappa shape index (κ3) is 2.44. The largest absolute Gasteiger partial charge is 0.468 e. The molecule has 0 aromatic carbocycles. The molecule has 0 saturated heterocycles. The fraction of sp³-hybridized carbons (Fsp3) is 0.417. The molecule has 102 valence electrons. The summed E-state index contributed by atoms with van der Waals surface area (Å²) in [5.41, 5.74) is 7.00. The van der Waals surface area contributed by atoms with Gasteiger partial charge in [0, 0.05) is 6.54 Å². The van der Waals surface area contributed by atoms with E-state index in [1.165, 1.54) is 0 Å². The molecule has 7 heteroatoms. The van der Waals surface area contributed by atoms with Gasteiger partial charge in [0.25, 0.3) is 6.01 Å². The van der Waals surface area contributed by atoms with Gasteiger partial charge in [0.15, 0.2) is 17.0 Å². The lowest BCUT2D eigenvalue weighted by molar-refractivity contribution is 0.300. The molecular formula is C12H17N5O2. The zero-order valence-electron chi connectivity index (χ0n) is 11.1. The van der Waals surface area contributed by atoms with Crippen molar-refractivity contribution in [1.29, 1.82) is 0 Å². The van der Waals surface area contributed by atoms with E-state index in [2.05, 4.69) is 21.5 Å². The molecule has 0 amide bonds. The number of aryl methyl sites for hydroxylation is 1. The SMILES string of the molecule is C=CCCOc1nc(N)c2nc(OC)n(CC)c2n1.